The van der Waals surface area contributed by atoms with Crippen LogP contribution < -0.4 is 0 Å². The molecule has 4 rings (SSSR count). The van der Waals surface area contributed by atoms with Crippen LogP contribution in [0.15, 0.2) is 48.5 Å². The van der Waals surface area contributed by atoms with Gasteiger partial charge in [-0.3, -0.25) is 0 Å². The highest BCUT2D eigenvalue weighted by Crippen LogP contribution is 2.50. The van der Waals surface area contributed by atoms with Crippen molar-refractivity contribution >= 4 is 33.9 Å². The average molecular weight is 416 g/mol. The van der Waals surface area contributed by atoms with E-state index < -0.39 is 0 Å². The lowest BCUT2D eigenvalue weighted by atomic mass is 9.82. The standard InChI is InChI=1S/C20H17IS/c1-12-4-9-19(22-12)13-5-7-15-16-8-6-14(21)11-18(16)20(2,3)17(15)10-13/h4-11H,1-3H3. The second-order valence-electron chi connectivity index (χ2n) is 6.49. The Morgan fingerprint density at radius 3 is 2.23 bits per heavy atom. The predicted octanol–water partition coefficient (Wildman–Crippen LogP) is 6.63. The first kappa shape index (κ1) is 14.5. The van der Waals surface area contributed by atoms with E-state index in [-0.39, 0.29) is 5.41 Å². The van der Waals surface area contributed by atoms with E-state index in [0.29, 0.717) is 0 Å². The van der Waals surface area contributed by atoms with Crippen LogP contribution in [0.3, 0.4) is 0 Å². The molecule has 0 atom stereocenters. The summed E-state index contributed by atoms with van der Waals surface area (Å²) in [4.78, 5) is 2.73. The van der Waals surface area contributed by atoms with Crippen LogP contribution in [0.1, 0.15) is 29.9 Å². The molecule has 110 valence electrons. The minimum atomic E-state index is 0.0775. The van der Waals surface area contributed by atoms with Crippen molar-refractivity contribution in [2.24, 2.45) is 0 Å². The number of rotatable bonds is 1. The van der Waals surface area contributed by atoms with Crippen molar-refractivity contribution in [3.05, 3.63) is 68.1 Å². The lowest BCUT2D eigenvalue weighted by molar-refractivity contribution is 0.660. The van der Waals surface area contributed by atoms with Gasteiger partial charge in [-0.15, -0.1) is 11.3 Å². The number of hydrogen-bond donors (Lipinski definition) is 0. The number of thiophene rings is 1. The summed E-state index contributed by atoms with van der Waals surface area (Å²) in [6, 6.07) is 18.2. The van der Waals surface area contributed by atoms with Gasteiger partial charge in [0.2, 0.25) is 0 Å². The highest BCUT2D eigenvalue weighted by molar-refractivity contribution is 14.1. The van der Waals surface area contributed by atoms with Crippen molar-refractivity contribution in [1.29, 1.82) is 0 Å². The zero-order chi connectivity index (χ0) is 15.5. The molecule has 0 unspecified atom stereocenters. The summed E-state index contributed by atoms with van der Waals surface area (Å²) in [6.45, 7) is 6.86. The minimum absolute atomic E-state index is 0.0775. The van der Waals surface area contributed by atoms with Gasteiger partial charge in [-0.25, -0.2) is 0 Å². The number of halogens is 1. The van der Waals surface area contributed by atoms with Crippen LogP contribution in [0, 0.1) is 10.5 Å². The Morgan fingerprint density at radius 2 is 1.55 bits per heavy atom. The molecular formula is C20H17IS. The number of benzene rings is 2. The van der Waals surface area contributed by atoms with Crippen LogP contribution in [0.4, 0.5) is 0 Å². The van der Waals surface area contributed by atoms with E-state index in [0.717, 1.165) is 0 Å². The molecule has 2 heteroatoms. The van der Waals surface area contributed by atoms with Gasteiger partial charge in [0, 0.05) is 18.7 Å². The molecule has 0 N–H and O–H groups in total. The van der Waals surface area contributed by atoms with Crippen molar-refractivity contribution in [2.75, 3.05) is 0 Å². The molecule has 0 amide bonds. The van der Waals surface area contributed by atoms with E-state index >= 15 is 0 Å². The molecular weight excluding hydrogens is 399 g/mol. The Labute approximate surface area is 149 Å². The molecule has 1 aliphatic carbocycles. The number of fused-ring (bicyclic) bond motifs is 3. The molecule has 1 aromatic heterocycles. The van der Waals surface area contributed by atoms with Gasteiger partial charge in [-0.05, 0) is 87.7 Å². The Morgan fingerprint density at radius 1 is 0.864 bits per heavy atom. The molecule has 0 spiro atoms. The van der Waals surface area contributed by atoms with Crippen LogP contribution in [0.2, 0.25) is 0 Å². The predicted molar refractivity (Wildman–Crippen MR) is 105 cm³/mol. The van der Waals surface area contributed by atoms with Crippen LogP contribution in [-0.4, -0.2) is 0 Å². The fraction of sp³-hybridized carbons (Fsp3) is 0.200. The highest BCUT2D eigenvalue weighted by Gasteiger charge is 2.35. The molecule has 0 nitrogen and oxygen atoms in total. The topological polar surface area (TPSA) is 0 Å². The van der Waals surface area contributed by atoms with E-state index in [2.05, 4.69) is 91.9 Å². The Balaban J connectivity index is 1.93. The third kappa shape index (κ3) is 2.08. The van der Waals surface area contributed by atoms with Gasteiger partial charge in [-0.1, -0.05) is 32.0 Å². The Kier molecular flexibility index (Phi) is 3.24. The molecule has 22 heavy (non-hydrogen) atoms. The van der Waals surface area contributed by atoms with Crippen molar-refractivity contribution in [3.8, 4) is 21.6 Å². The summed E-state index contributed by atoms with van der Waals surface area (Å²) in [5.74, 6) is 0. The van der Waals surface area contributed by atoms with Gasteiger partial charge >= 0.3 is 0 Å². The Bertz CT molecular complexity index is 886. The number of aryl methyl sites for hydroxylation is 1. The van der Waals surface area contributed by atoms with Crippen molar-refractivity contribution in [3.63, 3.8) is 0 Å². The van der Waals surface area contributed by atoms with E-state index in [4.69, 9.17) is 0 Å². The van der Waals surface area contributed by atoms with Gasteiger partial charge < -0.3 is 0 Å². The van der Waals surface area contributed by atoms with Gasteiger partial charge in [0.1, 0.15) is 0 Å². The highest BCUT2D eigenvalue weighted by atomic mass is 127. The van der Waals surface area contributed by atoms with Crippen LogP contribution in [-0.2, 0) is 5.41 Å². The molecule has 0 radical (unpaired) electrons. The molecule has 0 fully saturated rings. The summed E-state index contributed by atoms with van der Waals surface area (Å²) < 4.78 is 1.31. The van der Waals surface area contributed by atoms with Crippen LogP contribution in [0.5, 0.6) is 0 Å². The first-order valence-corrected chi connectivity index (χ1v) is 9.38. The zero-order valence-electron chi connectivity index (χ0n) is 12.9. The molecule has 3 aromatic rings. The molecule has 1 aliphatic rings. The summed E-state index contributed by atoms with van der Waals surface area (Å²) in [7, 11) is 0. The summed E-state index contributed by atoms with van der Waals surface area (Å²) in [6.07, 6.45) is 0. The number of hydrogen-bond acceptors (Lipinski definition) is 1. The molecule has 1 heterocycles. The average Bonchev–Trinajstić information content (AvgIpc) is 3.01. The molecule has 0 saturated heterocycles. The smallest absolute Gasteiger partial charge is 0.0345 e. The Hall–Kier alpha value is -1.13. The van der Waals surface area contributed by atoms with E-state index in [9.17, 15) is 0 Å². The van der Waals surface area contributed by atoms with E-state index in [1.807, 2.05) is 11.3 Å². The molecule has 0 saturated carbocycles. The second-order valence-corrected chi connectivity index (χ2v) is 9.02. The molecule has 2 aromatic carbocycles. The summed E-state index contributed by atoms with van der Waals surface area (Å²) in [5, 5.41) is 0. The fourth-order valence-electron chi connectivity index (χ4n) is 3.45. The van der Waals surface area contributed by atoms with Crippen molar-refractivity contribution in [2.45, 2.75) is 26.2 Å². The van der Waals surface area contributed by atoms with Crippen LogP contribution >= 0.6 is 33.9 Å². The second kappa shape index (κ2) is 4.93. The third-order valence-electron chi connectivity index (χ3n) is 4.66. The van der Waals surface area contributed by atoms with E-state index in [1.54, 1.807) is 0 Å². The normalized spacial score (nSPS) is 14.7. The summed E-state index contributed by atoms with van der Waals surface area (Å²) >= 11 is 4.28. The van der Waals surface area contributed by atoms with Gasteiger partial charge in [-0.2, -0.15) is 0 Å². The molecule has 0 bridgehead atoms. The lowest BCUT2D eigenvalue weighted by Gasteiger charge is -2.22. The largest absolute Gasteiger partial charge is 0.141 e. The third-order valence-corrected chi connectivity index (χ3v) is 6.38. The summed E-state index contributed by atoms with van der Waals surface area (Å²) in [5.41, 5.74) is 7.12. The fourth-order valence-corrected chi connectivity index (χ4v) is 4.81. The van der Waals surface area contributed by atoms with Crippen LogP contribution in [0.25, 0.3) is 21.6 Å². The monoisotopic (exact) mass is 416 g/mol. The maximum atomic E-state index is 2.41. The zero-order valence-corrected chi connectivity index (χ0v) is 15.9. The first-order chi connectivity index (χ1) is 10.5. The van der Waals surface area contributed by atoms with Gasteiger partial charge in [0.25, 0.3) is 0 Å². The lowest BCUT2D eigenvalue weighted by Crippen LogP contribution is -2.15. The SMILES string of the molecule is Cc1ccc(-c2ccc3c(c2)C(C)(C)c2cc(I)ccc2-3)s1. The maximum absolute atomic E-state index is 2.41. The van der Waals surface area contributed by atoms with Crippen molar-refractivity contribution < 1.29 is 0 Å². The quantitative estimate of drug-likeness (QED) is 0.391. The maximum Gasteiger partial charge on any atom is 0.0345 e. The van der Waals surface area contributed by atoms with E-state index in [1.165, 1.54) is 41.1 Å². The first-order valence-electron chi connectivity index (χ1n) is 7.48. The van der Waals surface area contributed by atoms with Gasteiger partial charge in [0.15, 0.2) is 0 Å². The minimum Gasteiger partial charge on any atom is -0.141 e. The van der Waals surface area contributed by atoms with Crippen molar-refractivity contribution in [1.82, 2.24) is 0 Å². The molecule has 0 aliphatic heterocycles. The van der Waals surface area contributed by atoms with Gasteiger partial charge in [0.05, 0.1) is 0 Å².